The maximum Gasteiger partial charge on any atom is 0.227 e. The molecule has 1 heterocycles. The first-order valence-electron chi connectivity index (χ1n) is 5.91. The van der Waals surface area contributed by atoms with E-state index in [9.17, 15) is 4.79 Å². The van der Waals surface area contributed by atoms with E-state index in [2.05, 4.69) is 23.7 Å². The Morgan fingerprint density at radius 2 is 1.94 bits per heavy atom. The minimum atomic E-state index is 0.239. The van der Waals surface area contributed by atoms with Gasteiger partial charge >= 0.3 is 0 Å². The Balaban J connectivity index is 1.92. The minimum absolute atomic E-state index is 0.239. The van der Waals surface area contributed by atoms with Crippen LogP contribution in [0.4, 0.5) is 0 Å². The predicted octanol–water partition coefficient (Wildman–Crippen LogP) is 1.38. The first-order chi connectivity index (χ1) is 8.29. The van der Waals surface area contributed by atoms with E-state index in [0.29, 0.717) is 6.42 Å². The topological polar surface area (TPSA) is 32.3 Å². The molecule has 17 heavy (non-hydrogen) atoms. The van der Waals surface area contributed by atoms with Crippen LogP contribution >= 0.6 is 11.8 Å². The summed E-state index contributed by atoms with van der Waals surface area (Å²) in [5.41, 5.74) is 1.10. The number of rotatable bonds is 3. The van der Waals surface area contributed by atoms with Crippen molar-refractivity contribution in [1.82, 2.24) is 10.2 Å². The number of nitrogens with zero attached hydrogens (tertiary/aromatic N) is 1. The third kappa shape index (κ3) is 3.48. The standard InChI is InChI=1S/C13H18N2OS/c1-17-12-4-2-11(3-5-12)10-13(16)15-8-6-14-7-9-15/h2-5,14H,6-10H2,1H3. The summed E-state index contributed by atoms with van der Waals surface area (Å²) in [6.07, 6.45) is 2.58. The van der Waals surface area contributed by atoms with Gasteiger partial charge in [-0.25, -0.2) is 0 Å². The highest BCUT2D eigenvalue weighted by Gasteiger charge is 2.15. The maximum atomic E-state index is 12.0. The summed E-state index contributed by atoms with van der Waals surface area (Å²) < 4.78 is 0. The summed E-state index contributed by atoms with van der Waals surface area (Å²) in [6, 6.07) is 8.24. The average Bonchev–Trinajstić information content (AvgIpc) is 2.40. The van der Waals surface area contributed by atoms with Crippen molar-refractivity contribution in [3.05, 3.63) is 29.8 Å². The van der Waals surface area contributed by atoms with E-state index in [1.807, 2.05) is 17.0 Å². The maximum absolute atomic E-state index is 12.0. The molecule has 0 atom stereocenters. The van der Waals surface area contributed by atoms with Crippen LogP contribution in [0.25, 0.3) is 0 Å². The molecule has 1 fully saturated rings. The Labute approximate surface area is 107 Å². The van der Waals surface area contributed by atoms with E-state index in [0.717, 1.165) is 31.7 Å². The van der Waals surface area contributed by atoms with Crippen LogP contribution in [-0.4, -0.2) is 43.2 Å². The van der Waals surface area contributed by atoms with Crippen LogP contribution in [0.15, 0.2) is 29.2 Å². The van der Waals surface area contributed by atoms with Gasteiger partial charge in [0, 0.05) is 31.1 Å². The molecular formula is C13H18N2OS. The zero-order chi connectivity index (χ0) is 12.1. The van der Waals surface area contributed by atoms with Gasteiger partial charge in [0.1, 0.15) is 0 Å². The summed E-state index contributed by atoms with van der Waals surface area (Å²) >= 11 is 1.72. The van der Waals surface area contributed by atoms with Crippen molar-refractivity contribution in [2.75, 3.05) is 32.4 Å². The molecule has 2 rings (SSSR count). The Kier molecular flexibility index (Phi) is 4.45. The van der Waals surface area contributed by atoms with Gasteiger partial charge in [0.15, 0.2) is 0 Å². The second-order valence-corrected chi connectivity index (χ2v) is 5.04. The van der Waals surface area contributed by atoms with Crippen LogP contribution in [0.1, 0.15) is 5.56 Å². The highest BCUT2D eigenvalue weighted by Crippen LogP contribution is 2.15. The second kappa shape index (κ2) is 6.07. The number of piperazine rings is 1. The monoisotopic (exact) mass is 250 g/mol. The zero-order valence-corrected chi connectivity index (χ0v) is 10.9. The Morgan fingerprint density at radius 3 is 2.53 bits per heavy atom. The van der Waals surface area contributed by atoms with Gasteiger partial charge in [-0.1, -0.05) is 12.1 Å². The molecule has 0 aliphatic carbocycles. The second-order valence-electron chi connectivity index (χ2n) is 4.16. The van der Waals surface area contributed by atoms with Crippen molar-refractivity contribution < 1.29 is 4.79 Å². The van der Waals surface area contributed by atoms with E-state index in [1.165, 1.54) is 4.90 Å². The number of thioether (sulfide) groups is 1. The molecule has 1 aromatic rings. The summed E-state index contributed by atoms with van der Waals surface area (Å²) in [5, 5.41) is 3.25. The smallest absolute Gasteiger partial charge is 0.227 e. The Morgan fingerprint density at radius 1 is 1.29 bits per heavy atom. The summed E-state index contributed by atoms with van der Waals surface area (Å²) in [5.74, 6) is 0.239. The van der Waals surface area contributed by atoms with Crippen LogP contribution in [0.5, 0.6) is 0 Å². The highest BCUT2D eigenvalue weighted by atomic mass is 32.2. The molecule has 1 N–H and O–H groups in total. The summed E-state index contributed by atoms with van der Waals surface area (Å²) in [6.45, 7) is 3.50. The van der Waals surface area contributed by atoms with Gasteiger partial charge in [-0.3, -0.25) is 4.79 Å². The fourth-order valence-corrected chi connectivity index (χ4v) is 2.35. The molecule has 0 bridgehead atoms. The van der Waals surface area contributed by atoms with Gasteiger partial charge in [0.25, 0.3) is 0 Å². The van der Waals surface area contributed by atoms with Crippen molar-refractivity contribution in [2.45, 2.75) is 11.3 Å². The quantitative estimate of drug-likeness (QED) is 0.823. The average molecular weight is 250 g/mol. The molecular weight excluding hydrogens is 232 g/mol. The normalized spacial score (nSPS) is 15.9. The molecule has 3 nitrogen and oxygen atoms in total. The lowest BCUT2D eigenvalue weighted by Gasteiger charge is -2.27. The van der Waals surface area contributed by atoms with Crippen LogP contribution < -0.4 is 5.32 Å². The molecule has 0 aromatic heterocycles. The van der Waals surface area contributed by atoms with Gasteiger partial charge in [-0.2, -0.15) is 0 Å². The molecule has 1 aliphatic heterocycles. The van der Waals surface area contributed by atoms with Crippen molar-refractivity contribution in [3.8, 4) is 0 Å². The summed E-state index contributed by atoms with van der Waals surface area (Å²) in [4.78, 5) is 15.2. The lowest BCUT2D eigenvalue weighted by Crippen LogP contribution is -2.46. The molecule has 4 heteroatoms. The third-order valence-corrected chi connectivity index (χ3v) is 3.73. The van der Waals surface area contributed by atoms with E-state index < -0.39 is 0 Å². The lowest BCUT2D eigenvalue weighted by molar-refractivity contribution is -0.131. The highest BCUT2D eigenvalue weighted by molar-refractivity contribution is 7.98. The number of benzene rings is 1. The number of hydrogen-bond acceptors (Lipinski definition) is 3. The Bertz CT molecular complexity index is 372. The SMILES string of the molecule is CSc1ccc(CC(=O)N2CCNCC2)cc1. The van der Waals surface area contributed by atoms with Gasteiger partial charge in [-0.15, -0.1) is 11.8 Å². The zero-order valence-electron chi connectivity index (χ0n) is 10.1. The van der Waals surface area contributed by atoms with Crippen molar-refractivity contribution in [1.29, 1.82) is 0 Å². The van der Waals surface area contributed by atoms with Gasteiger partial charge in [0.05, 0.1) is 6.42 Å². The first-order valence-corrected chi connectivity index (χ1v) is 7.13. The van der Waals surface area contributed by atoms with Crippen molar-refractivity contribution in [3.63, 3.8) is 0 Å². The molecule has 1 amide bonds. The van der Waals surface area contributed by atoms with Crippen molar-refractivity contribution in [2.24, 2.45) is 0 Å². The van der Waals surface area contributed by atoms with Gasteiger partial charge in [-0.05, 0) is 24.0 Å². The van der Waals surface area contributed by atoms with Crippen LogP contribution in [0, 0.1) is 0 Å². The number of carbonyl (C=O) groups is 1. The molecule has 0 unspecified atom stereocenters. The number of nitrogens with one attached hydrogen (secondary N) is 1. The number of hydrogen-bond donors (Lipinski definition) is 1. The van der Waals surface area contributed by atoms with Gasteiger partial charge in [0.2, 0.25) is 5.91 Å². The largest absolute Gasteiger partial charge is 0.340 e. The lowest BCUT2D eigenvalue weighted by atomic mass is 10.1. The number of amides is 1. The van der Waals surface area contributed by atoms with E-state index in [4.69, 9.17) is 0 Å². The molecule has 0 spiro atoms. The van der Waals surface area contributed by atoms with Crippen molar-refractivity contribution >= 4 is 17.7 Å². The fourth-order valence-electron chi connectivity index (χ4n) is 1.94. The van der Waals surface area contributed by atoms with E-state index >= 15 is 0 Å². The van der Waals surface area contributed by atoms with E-state index in [-0.39, 0.29) is 5.91 Å². The molecule has 1 saturated heterocycles. The predicted molar refractivity (Wildman–Crippen MR) is 71.4 cm³/mol. The number of carbonyl (C=O) groups excluding carboxylic acids is 1. The fraction of sp³-hybridized carbons (Fsp3) is 0.462. The molecule has 0 radical (unpaired) electrons. The Hall–Kier alpha value is -1.00. The molecule has 92 valence electrons. The van der Waals surface area contributed by atoms with E-state index in [1.54, 1.807) is 11.8 Å². The van der Waals surface area contributed by atoms with Crippen LogP contribution in [0.3, 0.4) is 0 Å². The minimum Gasteiger partial charge on any atom is -0.340 e. The summed E-state index contributed by atoms with van der Waals surface area (Å²) in [7, 11) is 0. The van der Waals surface area contributed by atoms with Crippen LogP contribution in [-0.2, 0) is 11.2 Å². The van der Waals surface area contributed by atoms with Gasteiger partial charge < -0.3 is 10.2 Å². The molecule has 0 saturated carbocycles. The first kappa shape index (κ1) is 12.5. The third-order valence-electron chi connectivity index (χ3n) is 2.98. The molecule has 1 aliphatic rings. The molecule has 1 aromatic carbocycles. The van der Waals surface area contributed by atoms with Crippen LogP contribution in [0.2, 0.25) is 0 Å².